The molecule has 1 aromatic heterocycles. The topological polar surface area (TPSA) is 85.0 Å². The molecule has 0 saturated carbocycles. The number of hydrogen-bond donors (Lipinski definition) is 1. The number of nitrogens with one attached hydrogen (secondary N) is 1. The average Bonchev–Trinajstić information content (AvgIpc) is 3.27. The number of rotatable bonds is 8. The highest BCUT2D eigenvalue weighted by molar-refractivity contribution is 6.30. The number of ether oxygens (including phenoxy) is 2. The molecule has 0 aliphatic heterocycles. The minimum atomic E-state index is 0.369. The molecule has 0 atom stereocenters. The van der Waals surface area contributed by atoms with Gasteiger partial charge >= 0.3 is 0 Å². The maximum absolute atomic E-state index is 5.92. The van der Waals surface area contributed by atoms with Gasteiger partial charge in [0.25, 0.3) is 0 Å². The Kier molecular flexibility index (Phi) is 7.72. The molecule has 0 aliphatic carbocycles. The monoisotopic (exact) mass is 443 g/mol. The van der Waals surface area contributed by atoms with Gasteiger partial charge in [-0.05, 0) is 48.4 Å². The van der Waals surface area contributed by atoms with Crippen molar-refractivity contribution in [3.05, 3.63) is 58.9 Å². The standard InChI is InChI=1S/C22H26ClN5O3/c1-24-22(28(2)12-11-15-5-10-18(29-3)19(13-15)30-4)25-14-20-26-21(27-31-20)16-6-8-17(23)9-7-16/h5-10,13H,11-12,14H2,1-4H3,(H,24,25). The molecule has 3 rings (SSSR count). The SMILES string of the molecule is CN=C(NCc1nc(-c2ccc(Cl)cc2)no1)N(C)CCc1ccc(OC)c(OC)c1. The van der Waals surface area contributed by atoms with Crippen LogP contribution < -0.4 is 14.8 Å². The van der Waals surface area contributed by atoms with Gasteiger partial charge in [-0.3, -0.25) is 4.99 Å². The molecule has 31 heavy (non-hydrogen) atoms. The van der Waals surface area contributed by atoms with Gasteiger partial charge in [0.1, 0.15) is 0 Å². The summed E-state index contributed by atoms with van der Waals surface area (Å²) in [5.41, 5.74) is 1.99. The molecule has 1 heterocycles. The van der Waals surface area contributed by atoms with Gasteiger partial charge in [-0.2, -0.15) is 4.98 Å². The quantitative estimate of drug-likeness (QED) is 0.420. The number of aliphatic imine (C=N–C) groups is 1. The highest BCUT2D eigenvalue weighted by Gasteiger charge is 2.12. The first-order valence-corrected chi connectivity index (χ1v) is 10.1. The van der Waals surface area contributed by atoms with E-state index in [9.17, 15) is 0 Å². The van der Waals surface area contributed by atoms with Crippen LogP contribution in [0, 0.1) is 0 Å². The Balaban J connectivity index is 1.55. The minimum Gasteiger partial charge on any atom is -0.493 e. The normalized spacial score (nSPS) is 11.3. The summed E-state index contributed by atoms with van der Waals surface area (Å²) in [5.74, 6) is 3.16. The van der Waals surface area contributed by atoms with E-state index in [4.69, 9.17) is 25.6 Å². The Labute approximate surface area is 186 Å². The van der Waals surface area contributed by atoms with Crippen LogP contribution in [0.5, 0.6) is 11.5 Å². The summed E-state index contributed by atoms with van der Waals surface area (Å²) in [6.07, 6.45) is 0.818. The molecule has 0 spiro atoms. The first-order valence-electron chi connectivity index (χ1n) is 9.75. The minimum absolute atomic E-state index is 0.369. The Morgan fingerprint density at radius 3 is 2.55 bits per heavy atom. The van der Waals surface area contributed by atoms with Crippen LogP contribution in [-0.4, -0.2) is 55.9 Å². The summed E-state index contributed by atoms with van der Waals surface area (Å²) in [5, 5.41) is 7.94. The molecular formula is C22H26ClN5O3. The lowest BCUT2D eigenvalue weighted by molar-refractivity contribution is 0.354. The van der Waals surface area contributed by atoms with E-state index >= 15 is 0 Å². The number of methoxy groups -OCH3 is 2. The summed E-state index contributed by atoms with van der Waals surface area (Å²) < 4.78 is 16.0. The molecule has 0 radical (unpaired) electrons. The fraction of sp³-hybridized carbons (Fsp3) is 0.318. The van der Waals surface area contributed by atoms with Crippen molar-refractivity contribution in [3.63, 3.8) is 0 Å². The number of benzene rings is 2. The molecule has 0 aliphatic rings. The maximum Gasteiger partial charge on any atom is 0.246 e. The molecule has 0 fully saturated rings. The molecule has 164 valence electrons. The first-order chi connectivity index (χ1) is 15.0. The van der Waals surface area contributed by atoms with Gasteiger partial charge < -0.3 is 24.2 Å². The van der Waals surface area contributed by atoms with Crippen molar-refractivity contribution < 1.29 is 14.0 Å². The zero-order valence-corrected chi connectivity index (χ0v) is 18.8. The Morgan fingerprint density at radius 2 is 1.87 bits per heavy atom. The number of hydrogen-bond acceptors (Lipinski definition) is 6. The molecule has 9 heteroatoms. The second-order valence-corrected chi connectivity index (χ2v) is 7.22. The van der Waals surface area contributed by atoms with Crippen LogP contribution in [0.2, 0.25) is 5.02 Å². The van der Waals surface area contributed by atoms with E-state index in [0.717, 1.165) is 41.6 Å². The third-order valence-electron chi connectivity index (χ3n) is 4.73. The van der Waals surface area contributed by atoms with E-state index in [2.05, 4.69) is 20.4 Å². The lowest BCUT2D eigenvalue weighted by Gasteiger charge is -2.21. The van der Waals surface area contributed by atoms with Crippen molar-refractivity contribution in [2.75, 3.05) is 34.9 Å². The first kappa shape index (κ1) is 22.4. The van der Waals surface area contributed by atoms with Gasteiger partial charge in [0.2, 0.25) is 11.7 Å². The molecule has 1 N–H and O–H groups in total. The second-order valence-electron chi connectivity index (χ2n) is 6.78. The molecular weight excluding hydrogens is 418 g/mol. The van der Waals surface area contributed by atoms with Crippen molar-refractivity contribution in [3.8, 4) is 22.9 Å². The van der Waals surface area contributed by atoms with E-state index in [1.807, 2.05) is 42.3 Å². The summed E-state index contributed by atoms with van der Waals surface area (Å²) in [6.45, 7) is 1.13. The van der Waals surface area contributed by atoms with Crippen molar-refractivity contribution in [1.29, 1.82) is 0 Å². The smallest absolute Gasteiger partial charge is 0.246 e. The zero-order chi connectivity index (χ0) is 22.2. The Bertz CT molecular complexity index is 1020. The Morgan fingerprint density at radius 1 is 1.13 bits per heavy atom. The van der Waals surface area contributed by atoms with E-state index < -0.39 is 0 Å². The van der Waals surface area contributed by atoms with Gasteiger partial charge in [-0.25, -0.2) is 0 Å². The molecule has 0 bridgehead atoms. The highest BCUT2D eigenvalue weighted by atomic mass is 35.5. The molecule has 0 unspecified atom stereocenters. The third kappa shape index (κ3) is 5.88. The average molecular weight is 444 g/mol. The fourth-order valence-electron chi connectivity index (χ4n) is 3.02. The lowest BCUT2D eigenvalue weighted by atomic mass is 10.1. The predicted molar refractivity (Wildman–Crippen MR) is 121 cm³/mol. The van der Waals surface area contributed by atoms with Crippen LogP contribution in [0.3, 0.4) is 0 Å². The van der Waals surface area contributed by atoms with E-state index in [0.29, 0.717) is 23.3 Å². The van der Waals surface area contributed by atoms with Crippen LogP contribution in [-0.2, 0) is 13.0 Å². The Hall–Kier alpha value is -3.26. The number of nitrogens with zero attached hydrogens (tertiary/aromatic N) is 4. The predicted octanol–water partition coefficient (Wildman–Crippen LogP) is 3.66. The van der Waals surface area contributed by atoms with E-state index in [-0.39, 0.29) is 0 Å². The van der Waals surface area contributed by atoms with Crippen LogP contribution in [0.1, 0.15) is 11.5 Å². The largest absolute Gasteiger partial charge is 0.493 e. The van der Waals surface area contributed by atoms with E-state index in [1.54, 1.807) is 33.4 Å². The van der Waals surface area contributed by atoms with E-state index in [1.165, 1.54) is 0 Å². The third-order valence-corrected chi connectivity index (χ3v) is 4.98. The number of guanidine groups is 1. The highest BCUT2D eigenvalue weighted by Crippen LogP contribution is 2.27. The molecule has 0 saturated heterocycles. The van der Waals surface area contributed by atoms with Gasteiger partial charge in [0.15, 0.2) is 17.5 Å². The van der Waals surface area contributed by atoms with Gasteiger partial charge in [-0.15, -0.1) is 0 Å². The summed E-state index contributed by atoms with van der Waals surface area (Å²) in [6, 6.07) is 13.2. The number of likely N-dealkylation sites (N-methyl/N-ethyl adjacent to an activating group) is 1. The van der Waals surface area contributed by atoms with Gasteiger partial charge in [0.05, 0.1) is 20.8 Å². The lowest BCUT2D eigenvalue weighted by Crippen LogP contribution is -2.39. The van der Waals surface area contributed by atoms with Crippen molar-refractivity contribution >= 4 is 17.6 Å². The molecule has 0 amide bonds. The molecule has 8 nitrogen and oxygen atoms in total. The number of aromatic nitrogens is 2. The fourth-order valence-corrected chi connectivity index (χ4v) is 3.15. The zero-order valence-electron chi connectivity index (χ0n) is 18.1. The maximum atomic E-state index is 5.92. The van der Waals surface area contributed by atoms with Crippen LogP contribution in [0.25, 0.3) is 11.4 Å². The van der Waals surface area contributed by atoms with Crippen molar-refractivity contribution in [1.82, 2.24) is 20.4 Å². The van der Waals surface area contributed by atoms with Gasteiger partial charge in [-0.1, -0.05) is 22.8 Å². The number of halogens is 1. The van der Waals surface area contributed by atoms with Crippen LogP contribution in [0.4, 0.5) is 0 Å². The van der Waals surface area contributed by atoms with Crippen molar-refractivity contribution in [2.45, 2.75) is 13.0 Å². The van der Waals surface area contributed by atoms with Crippen LogP contribution >= 0.6 is 11.6 Å². The van der Waals surface area contributed by atoms with Crippen LogP contribution in [0.15, 0.2) is 52.0 Å². The van der Waals surface area contributed by atoms with Crippen molar-refractivity contribution in [2.24, 2.45) is 4.99 Å². The van der Waals surface area contributed by atoms with Gasteiger partial charge in [0, 0.05) is 31.2 Å². The molecule has 2 aromatic carbocycles. The molecule has 3 aromatic rings. The summed E-state index contributed by atoms with van der Waals surface area (Å²) >= 11 is 5.92. The summed E-state index contributed by atoms with van der Waals surface area (Å²) in [7, 11) is 6.98. The second kappa shape index (κ2) is 10.7. The summed E-state index contributed by atoms with van der Waals surface area (Å²) in [4.78, 5) is 10.8.